The summed E-state index contributed by atoms with van der Waals surface area (Å²) in [6.45, 7) is 10.1. The second kappa shape index (κ2) is 6.11. The van der Waals surface area contributed by atoms with Crippen LogP contribution in [0.5, 0.6) is 0 Å². The van der Waals surface area contributed by atoms with E-state index >= 15 is 0 Å². The Bertz CT molecular complexity index is 938. The molecule has 0 amide bonds. The molecule has 3 aromatic rings. The molecule has 25 heavy (non-hydrogen) atoms. The summed E-state index contributed by atoms with van der Waals surface area (Å²) in [6, 6.07) is 0.101. The normalized spacial score (nSPS) is 13.2. The van der Waals surface area contributed by atoms with Crippen LogP contribution in [0.1, 0.15) is 43.7 Å². The summed E-state index contributed by atoms with van der Waals surface area (Å²) in [5, 5.41) is 19.1. The van der Waals surface area contributed by atoms with Crippen molar-refractivity contribution in [3.63, 3.8) is 0 Å². The molecule has 0 bridgehead atoms. The number of nitrogens with one attached hydrogen (secondary N) is 1. The fourth-order valence-electron chi connectivity index (χ4n) is 2.29. The van der Waals surface area contributed by atoms with Crippen molar-refractivity contribution in [1.82, 2.24) is 19.6 Å². The van der Waals surface area contributed by atoms with Gasteiger partial charge in [0.05, 0.1) is 11.8 Å². The lowest BCUT2D eigenvalue weighted by atomic mass is 9.88. The molecule has 0 aliphatic heterocycles. The smallest absolute Gasteiger partial charge is 0.354 e. The summed E-state index contributed by atoms with van der Waals surface area (Å²) in [5.74, 6) is -0.160. The van der Waals surface area contributed by atoms with Crippen LogP contribution in [0.3, 0.4) is 0 Å². The second-order valence-corrected chi connectivity index (χ2v) is 8.01. The fourth-order valence-corrected chi connectivity index (χ4v) is 3.08. The highest BCUT2D eigenvalue weighted by atomic mass is 32.1. The molecule has 0 saturated carbocycles. The third-order valence-corrected chi connectivity index (χ3v) is 5.26. The molecule has 7 nitrogen and oxygen atoms in total. The van der Waals surface area contributed by atoms with E-state index in [0.717, 1.165) is 10.4 Å². The maximum absolute atomic E-state index is 11.7. The summed E-state index contributed by atoms with van der Waals surface area (Å²) < 4.78 is 1.73. The summed E-state index contributed by atoms with van der Waals surface area (Å²) in [6.07, 6.45) is 3.51. The number of aromatic nitrogens is 4. The van der Waals surface area contributed by atoms with E-state index in [4.69, 9.17) is 0 Å². The Kier molecular flexibility index (Phi) is 4.24. The number of hydrogen-bond donors (Lipinski definition) is 2. The van der Waals surface area contributed by atoms with Gasteiger partial charge in [0.25, 0.3) is 0 Å². The Hall–Kier alpha value is -2.48. The van der Waals surface area contributed by atoms with Crippen molar-refractivity contribution in [2.45, 2.75) is 40.7 Å². The molecule has 3 heterocycles. The Morgan fingerprint density at radius 3 is 2.72 bits per heavy atom. The minimum absolute atomic E-state index is 0.000324. The van der Waals surface area contributed by atoms with Gasteiger partial charge in [0.2, 0.25) is 0 Å². The summed E-state index contributed by atoms with van der Waals surface area (Å²) in [5.41, 5.74) is 1.26. The van der Waals surface area contributed by atoms with E-state index in [1.54, 1.807) is 17.6 Å². The zero-order chi connectivity index (χ0) is 18.4. The predicted octanol–water partition coefficient (Wildman–Crippen LogP) is 3.71. The predicted molar refractivity (Wildman–Crippen MR) is 98.3 cm³/mol. The number of anilines is 1. The Balaban J connectivity index is 2.14. The van der Waals surface area contributed by atoms with Gasteiger partial charge in [0.1, 0.15) is 10.6 Å². The molecule has 0 fully saturated rings. The number of aromatic carboxylic acids is 1. The molecular weight excluding hydrogens is 338 g/mol. The number of thiazole rings is 1. The van der Waals surface area contributed by atoms with E-state index < -0.39 is 5.97 Å². The van der Waals surface area contributed by atoms with Crippen LogP contribution in [0.25, 0.3) is 16.2 Å². The monoisotopic (exact) mass is 359 g/mol. The highest BCUT2D eigenvalue weighted by molar-refractivity contribution is 7.16. The number of carboxylic acid groups (broad SMARTS) is 1. The van der Waals surface area contributed by atoms with Gasteiger partial charge in [0, 0.05) is 23.2 Å². The Morgan fingerprint density at radius 2 is 2.08 bits per heavy atom. The van der Waals surface area contributed by atoms with Crippen LogP contribution in [-0.2, 0) is 0 Å². The van der Waals surface area contributed by atoms with Crippen molar-refractivity contribution in [3.8, 4) is 11.4 Å². The van der Waals surface area contributed by atoms with E-state index in [0.29, 0.717) is 17.2 Å². The zero-order valence-corrected chi connectivity index (χ0v) is 15.7. The fraction of sp³-hybridized carbons (Fsp3) is 0.412. The first-order valence-corrected chi connectivity index (χ1v) is 8.86. The zero-order valence-electron chi connectivity index (χ0n) is 14.9. The number of hydrogen-bond acceptors (Lipinski definition) is 6. The average Bonchev–Trinajstić information content (AvgIpc) is 3.11. The molecule has 1 atom stereocenters. The molecule has 8 heteroatoms. The van der Waals surface area contributed by atoms with E-state index in [-0.39, 0.29) is 17.2 Å². The average molecular weight is 359 g/mol. The molecule has 0 aliphatic carbocycles. The van der Waals surface area contributed by atoms with Gasteiger partial charge in [-0.3, -0.25) is 0 Å². The molecule has 0 aromatic carbocycles. The molecule has 2 N–H and O–H groups in total. The van der Waals surface area contributed by atoms with Gasteiger partial charge in [-0.2, -0.15) is 5.10 Å². The lowest BCUT2D eigenvalue weighted by Gasteiger charge is -2.29. The summed E-state index contributed by atoms with van der Waals surface area (Å²) in [7, 11) is 0. The van der Waals surface area contributed by atoms with E-state index in [9.17, 15) is 9.90 Å². The first kappa shape index (κ1) is 17.3. The highest BCUT2D eigenvalue weighted by Crippen LogP contribution is 2.29. The SMILES string of the molecule is Cc1c(N[C@@H](C)C(C)(C)C)nc(-c2cnn3ccsc23)nc1C(=O)O. The van der Waals surface area contributed by atoms with Crippen molar-refractivity contribution in [1.29, 1.82) is 0 Å². The standard InChI is InChI=1S/C17H21N5O2S/c1-9-12(16(23)24)20-14(11-8-18-22-6-7-25-15(11)22)21-13(9)19-10(2)17(3,4)5/h6-8,10H,1-5H3,(H,23,24)(H,19,20,21)/t10-/m0/s1. The topological polar surface area (TPSA) is 92.4 Å². The van der Waals surface area contributed by atoms with Gasteiger partial charge < -0.3 is 10.4 Å². The highest BCUT2D eigenvalue weighted by Gasteiger charge is 2.24. The van der Waals surface area contributed by atoms with Crippen LogP contribution in [0.2, 0.25) is 0 Å². The molecule has 0 spiro atoms. The minimum atomic E-state index is -1.07. The Labute approximate surface area is 149 Å². The number of fused-ring (bicyclic) bond motifs is 1. The van der Waals surface area contributed by atoms with Crippen LogP contribution >= 0.6 is 11.3 Å². The van der Waals surface area contributed by atoms with Crippen molar-refractivity contribution in [2.24, 2.45) is 5.41 Å². The molecule has 0 aliphatic rings. The van der Waals surface area contributed by atoms with Gasteiger partial charge in [-0.05, 0) is 19.3 Å². The van der Waals surface area contributed by atoms with Crippen molar-refractivity contribution < 1.29 is 9.90 Å². The van der Waals surface area contributed by atoms with Crippen molar-refractivity contribution >= 4 is 28.0 Å². The molecule has 0 radical (unpaired) electrons. The molecule has 0 saturated heterocycles. The lowest BCUT2D eigenvalue weighted by Crippen LogP contribution is -2.31. The number of nitrogens with zero attached hydrogens (tertiary/aromatic N) is 4. The van der Waals surface area contributed by atoms with Gasteiger partial charge in [0.15, 0.2) is 11.5 Å². The molecule has 0 unspecified atom stereocenters. The number of rotatable bonds is 4. The van der Waals surface area contributed by atoms with Gasteiger partial charge in [-0.1, -0.05) is 20.8 Å². The quantitative estimate of drug-likeness (QED) is 0.738. The van der Waals surface area contributed by atoms with Crippen molar-refractivity contribution in [2.75, 3.05) is 5.32 Å². The summed E-state index contributed by atoms with van der Waals surface area (Å²) >= 11 is 1.51. The molecule has 3 aromatic heterocycles. The van der Waals surface area contributed by atoms with Crippen molar-refractivity contribution in [3.05, 3.63) is 29.0 Å². The Morgan fingerprint density at radius 1 is 1.36 bits per heavy atom. The van der Waals surface area contributed by atoms with Gasteiger partial charge >= 0.3 is 5.97 Å². The number of carbonyl (C=O) groups is 1. The molecular formula is C17H21N5O2S. The second-order valence-electron chi connectivity index (χ2n) is 7.12. The van der Waals surface area contributed by atoms with Crippen LogP contribution < -0.4 is 5.32 Å². The van der Waals surface area contributed by atoms with Crippen LogP contribution in [0.4, 0.5) is 5.82 Å². The van der Waals surface area contributed by atoms with Crippen LogP contribution in [0.15, 0.2) is 17.8 Å². The maximum atomic E-state index is 11.7. The van der Waals surface area contributed by atoms with E-state index in [2.05, 4.69) is 48.1 Å². The largest absolute Gasteiger partial charge is 0.476 e. The third-order valence-electron chi connectivity index (χ3n) is 4.37. The molecule has 132 valence electrons. The lowest BCUT2D eigenvalue weighted by molar-refractivity contribution is 0.0689. The van der Waals surface area contributed by atoms with E-state index in [1.165, 1.54) is 11.3 Å². The van der Waals surface area contributed by atoms with E-state index in [1.807, 2.05) is 11.6 Å². The van der Waals surface area contributed by atoms with Gasteiger partial charge in [-0.25, -0.2) is 19.3 Å². The molecule has 3 rings (SSSR count). The summed E-state index contributed by atoms with van der Waals surface area (Å²) in [4.78, 5) is 21.4. The maximum Gasteiger partial charge on any atom is 0.354 e. The number of carboxylic acids is 1. The third kappa shape index (κ3) is 3.21. The minimum Gasteiger partial charge on any atom is -0.476 e. The first-order valence-electron chi connectivity index (χ1n) is 7.98. The van der Waals surface area contributed by atoms with Crippen LogP contribution in [-0.4, -0.2) is 36.7 Å². The first-order chi connectivity index (χ1) is 11.7. The van der Waals surface area contributed by atoms with Gasteiger partial charge in [-0.15, -0.1) is 11.3 Å². The van der Waals surface area contributed by atoms with Crippen LogP contribution in [0, 0.1) is 12.3 Å².